The van der Waals surface area contributed by atoms with E-state index in [9.17, 15) is 5.11 Å². The fourth-order valence-corrected chi connectivity index (χ4v) is 2.95. The summed E-state index contributed by atoms with van der Waals surface area (Å²) in [5.74, 6) is 0. The lowest BCUT2D eigenvalue weighted by molar-refractivity contribution is -0.150. The Hall–Kier alpha value is -0.550. The number of aliphatic hydroxyl groups is 1. The van der Waals surface area contributed by atoms with Gasteiger partial charge in [-0.15, -0.1) is 11.8 Å². The number of benzene rings is 1. The van der Waals surface area contributed by atoms with E-state index in [1.807, 2.05) is 11.8 Å². The van der Waals surface area contributed by atoms with Crippen LogP contribution in [-0.4, -0.2) is 30.2 Å². The van der Waals surface area contributed by atoms with Crippen LogP contribution in [0.4, 0.5) is 0 Å². The van der Waals surface area contributed by atoms with E-state index in [0.717, 1.165) is 5.56 Å². The first-order chi connectivity index (χ1) is 8.57. The highest BCUT2D eigenvalue weighted by molar-refractivity contribution is 7.99. The number of rotatable bonds is 5. The maximum absolute atomic E-state index is 9.48. The van der Waals surface area contributed by atoms with Gasteiger partial charge in [0.1, 0.15) is 0 Å². The summed E-state index contributed by atoms with van der Waals surface area (Å²) in [5.41, 5.74) is 7.04. The molecule has 0 spiro atoms. The second-order valence-corrected chi connectivity index (χ2v) is 6.88. The zero-order valence-corrected chi connectivity index (χ0v) is 11.7. The Bertz CT molecular complexity index is 382. The molecule has 1 heterocycles. The summed E-state index contributed by atoms with van der Waals surface area (Å²) in [6, 6.07) is 8.17. The van der Waals surface area contributed by atoms with Crippen LogP contribution in [-0.2, 0) is 4.74 Å². The van der Waals surface area contributed by atoms with Crippen molar-refractivity contribution in [1.82, 2.24) is 0 Å². The Morgan fingerprint density at radius 3 is 2.33 bits per heavy atom. The third-order valence-electron chi connectivity index (χ3n) is 3.36. The molecule has 3 nitrogen and oxygen atoms in total. The van der Waals surface area contributed by atoms with Crippen LogP contribution in [0.5, 0.6) is 0 Å². The van der Waals surface area contributed by atoms with Gasteiger partial charge in [0.05, 0.1) is 25.2 Å². The number of aliphatic hydroxyl groups excluding tert-OH is 1. The maximum Gasteiger partial charge on any atom is 0.0594 e. The van der Waals surface area contributed by atoms with Gasteiger partial charge < -0.3 is 15.6 Å². The summed E-state index contributed by atoms with van der Waals surface area (Å²) in [6.45, 7) is 5.53. The predicted octanol–water partition coefficient (Wildman–Crippen LogP) is 2.20. The summed E-state index contributed by atoms with van der Waals surface area (Å²) < 4.78 is 5.20. The Morgan fingerprint density at radius 1 is 1.33 bits per heavy atom. The molecule has 1 fully saturated rings. The third kappa shape index (κ3) is 2.72. The fraction of sp³-hybridized carbons (Fsp3) is 0.571. The molecule has 100 valence electrons. The lowest BCUT2D eigenvalue weighted by Gasteiger charge is -2.44. The summed E-state index contributed by atoms with van der Waals surface area (Å²) in [4.78, 5) is 1.25. The van der Waals surface area contributed by atoms with Crippen LogP contribution in [0.2, 0.25) is 0 Å². The summed E-state index contributed by atoms with van der Waals surface area (Å²) in [5, 5.41) is 10.1. The molecule has 1 aliphatic rings. The minimum absolute atomic E-state index is 0.0800. The molecule has 1 aromatic rings. The van der Waals surface area contributed by atoms with Gasteiger partial charge in [-0.3, -0.25) is 0 Å². The van der Waals surface area contributed by atoms with Crippen molar-refractivity contribution in [2.45, 2.75) is 30.0 Å². The zero-order chi connectivity index (χ0) is 13.2. The Labute approximate surface area is 113 Å². The normalized spacial score (nSPS) is 19.6. The van der Waals surface area contributed by atoms with Crippen LogP contribution in [0.15, 0.2) is 29.2 Å². The molecular formula is C14H21NO2S. The van der Waals surface area contributed by atoms with E-state index in [1.165, 1.54) is 4.90 Å². The predicted molar refractivity (Wildman–Crippen MR) is 74.7 cm³/mol. The quantitative estimate of drug-likeness (QED) is 0.803. The third-order valence-corrected chi connectivity index (χ3v) is 4.38. The van der Waals surface area contributed by atoms with Crippen molar-refractivity contribution < 1.29 is 9.84 Å². The van der Waals surface area contributed by atoms with Crippen LogP contribution in [0.25, 0.3) is 0 Å². The van der Waals surface area contributed by atoms with Crippen molar-refractivity contribution in [2.24, 2.45) is 11.1 Å². The lowest BCUT2D eigenvalue weighted by Crippen LogP contribution is -2.52. The number of nitrogens with two attached hydrogens (primary N) is 1. The van der Waals surface area contributed by atoms with Crippen molar-refractivity contribution in [3.63, 3.8) is 0 Å². The molecule has 3 N–H and O–H groups in total. The number of hydrogen-bond acceptors (Lipinski definition) is 4. The number of thioether (sulfide) groups is 1. The fourth-order valence-electron chi connectivity index (χ4n) is 2.11. The summed E-state index contributed by atoms with van der Waals surface area (Å²) >= 11 is 1.84. The van der Waals surface area contributed by atoms with E-state index in [1.54, 1.807) is 0 Å². The summed E-state index contributed by atoms with van der Waals surface area (Å²) in [6.07, 6.45) is 0. The first-order valence-electron chi connectivity index (χ1n) is 6.28. The Morgan fingerprint density at radius 2 is 1.94 bits per heavy atom. The topological polar surface area (TPSA) is 55.5 Å². The van der Waals surface area contributed by atoms with Gasteiger partial charge in [0.15, 0.2) is 0 Å². The lowest BCUT2D eigenvalue weighted by atomic mass is 9.76. The molecule has 18 heavy (non-hydrogen) atoms. The molecule has 1 saturated heterocycles. The van der Waals surface area contributed by atoms with Crippen LogP contribution in [0.1, 0.15) is 25.5 Å². The molecule has 0 radical (unpaired) electrons. The maximum atomic E-state index is 9.48. The van der Waals surface area contributed by atoms with E-state index in [-0.39, 0.29) is 18.1 Å². The highest BCUT2D eigenvalue weighted by Gasteiger charge is 2.44. The molecule has 0 amide bonds. The molecule has 0 aliphatic carbocycles. The van der Waals surface area contributed by atoms with Gasteiger partial charge in [0, 0.05) is 16.2 Å². The standard InChI is InChI=1S/C14H21NO2S/c1-10(2)18-12-5-3-11(4-6-12)13(15)14(7-16)8-17-9-14/h3-6,10,13,16H,7-9,15H2,1-2H3. The average molecular weight is 267 g/mol. The molecule has 1 atom stereocenters. The van der Waals surface area contributed by atoms with Gasteiger partial charge in [-0.25, -0.2) is 0 Å². The van der Waals surface area contributed by atoms with Crippen molar-refractivity contribution in [1.29, 1.82) is 0 Å². The van der Waals surface area contributed by atoms with Crippen molar-refractivity contribution in [2.75, 3.05) is 19.8 Å². The van der Waals surface area contributed by atoms with Crippen LogP contribution in [0.3, 0.4) is 0 Å². The number of hydrogen-bond donors (Lipinski definition) is 2. The molecule has 1 aromatic carbocycles. The Balaban J connectivity index is 2.09. The van der Waals surface area contributed by atoms with Crippen LogP contribution < -0.4 is 5.73 Å². The molecule has 0 saturated carbocycles. The first-order valence-corrected chi connectivity index (χ1v) is 7.16. The van der Waals surface area contributed by atoms with E-state index in [2.05, 4.69) is 38.1 Å². The van der Waals surface area contributed by atoms with Gasteiger partial charge in [-0.2, -0.15) is 0 Å². The number of ether oxygens (including phenoxy) is 1. The van der Waals surface area contributed by atoms with E-state index in [4.69, 9.17) is 10.5 Å². The van der Waals surface area contributed by atoms with Gasteiger partial charge in [0.2, 0.25) is 0 Å². The molecule has 1 aliphatic heterocycles. The highest BCUT2D eigenvalue weighted by atomic mass is 32.2. The molecule has 2 rings (SSSR count). The smallest absolute Gasteiger partial charge is 0.0594 e. The molecule has 0 aromatic heterocycles. The molecule has 1 unspecified atom stereocenters. The monoisotopic (exact) mass is 267 g/mol. The van der Waals surface area contributed by atoms with Gasteiger partial charge in [-0.1, -0.05) is 26.0 Å². The second kappa shape index (κ2) is 5.61. The second-order valence-electron chi connectivity index (χ2n) is 5.23. The average Bonchev–Trinajstić information content (AvgIpc) is 2.28. The minimum atomic E-state index is -0.285. The first kappa shape index (κ1) is 13.9. The highest BCUT2D eigenvalue weighted by Crippen LogP contribution is 2.39. The van der Waals surface area contributed by atoms with E-state index in [0.29, 0.717) is 18.5 Å². The molecule has 0 bridgehead atoms. The Kier molecular flexibility index (Phi) is 4.33. The van der Waals surface area contributed by atoms with Gasteiger partial charge >= 0.3 is 0 Å². The van der Waals surface area contributed by atoms with Gasteiger partial charge in [0.25, 0.3) is 0 Å². The van der Waals surface area contributed by atoms with E-state index >= 15 is 0 Å². The molecular weight excluding hydrogens is 246 g/mol. The van der Waals surface area contributed by atoms with Crippen LogP contribution in [0, 0.1) is 5.41 Å². The SMILES string of the molecule is CC(C)Sc1ccc(C(N)C2(CO)COC2)cc1. The summed E-state index contributed by atoms with van der Waals surface area (Å²) in [7, 11) is 0. The molecule has 4 heteroatoms. The minimum Gasteiger partial charge on any atom is -0.396 e. The van der Waals surface area contributed by atoms with Crippen molar-refractivity contribution >= 4 is 11.8 Å². The zero-order valence-electron chi connectivity index (χ0n) is 10.9. The van der Waals surface area contributed by atoms with Gasteiger partial charge in [-0.05, 0) is 17.7 Å². The van der Waals surface area contributed by atoms with Crippen molar-refractivity contribution in [3.05, 3.63) is 29.8 Å². The van der Waals surface area contributed by atoms with Crippen molar-refractivity contribution in [3.8, 4) is 0 Å². The van der Waals surface area contributed by atoms with Crippen LogP contribution >= 0.6 is 11.8 Å². The van der Waals surface area contributed by atoms with E-state index < -0.39 is 0 Å². The largest absolute Gasteiger partial charge is 0.396 e.